The minimum Gasteiger partial charge on any atom is -0.340 e. The molecule has 23 heavy (non-hydrogen) atoms. The quantitative estimate of drug-likeness (QED) is 0.761. The largest absolute Gasteiger partial charge is 0.340 e. The van der Waals surface area contributed by atoms with Crippen molar-refractivity contribution in [2.75, 3.05) is 7.05 Å². The van der Waals surface area contributed by atoms with Crippen molar-refractivity contribution in [1.29, 1.82) is 0 Å². The maximum absolute atomic E-state index is 12.3. The summed E-state index contributed by atoms with van der Waals surface area (Å²) in [6, 6.07) is 6.38. The number of nitrogens with one attached hydrogen (secondary N) is 1. The average Bonchev–Trinajstić information content (AvgIpc) is 2.95. The van der Waals surface area contributed by atoms with Crippen molar-refractivity contribution < 1.29 is 9.59 Å². The van der Waals surface area contributed by atoms with Gasteiger partial charge in [-0.05, 0) is 46.6 Å². The molecule has 0 bridgehead atoms. The lowest BCUT2D eigenvalue weighted by atomic mass is 10.2. The van der Waals surface area contributed by atoms with Crippen molar-refractivity contribution >= 4 is 50.7 Å². The second-order valence-corrected chi connectivity index (χ2v) is 7.83. The summed E-state index contributed by atoms with van der Waals surface area (Å²) < 4.78 is 0.869. The molecule has 2 heterocycles. The number of nitrogens with zero attached hydrogens (tertiary/aromatic N) is 2. The molecular formula is C15H15BrClN3O2S. The van der Waals surface area contributed by atoms with E-state index in [1.165, 1.54) is 11.3 Å². The third kappa shape index (κ3) is 5.02. The topological polar surface area (TPSA) is 62.3 Å². The number of pyridine rings is 1. The van der Waals surface area contributed by atoms with E-state index in [1.54, 1.807) is 43.3 Å². The van der Waals surface area contributed by atoms with E-state index in [0.29, 0.717) is 16.6 Å². The molecule has 0 aliphatic heterocycles. The van der Waals surface area contributed by atoms with Crippen molar-refractivity contribution in [1.82, 2.24) is 15.2 Å². The van der Waals surface area contributed by atoms with Gasteiger partial charge in [-0.1, -0.05) is 17.7 Å². The lowest BCUT2D eigenvalue weighted by molar-refractivity contribution is -0.132. The number of likely N-dealkylation sites (N-methyl/N-ethyl adjacent to an activating group) is 1. The Morgan fingerprint density at radius 2 is 2.13 bits per heavy atom. The minimum absolute atomic E-state index is 0.177. The van der Waals surface area contributed by atoms with Gasteiger partial charge in [0.05, 0.1) is 8.66 Å². The molecule has 0 spiro atoms. The van der Waals surface area contributed by atoms with Crippen molar-refractivity contribution in [2.45, 2.75) is 19.5 Å². The van der Waals surface area contributed by atoms with Gasteiger partial charge in [-0.25, -0.2) is 4.98 Å². The van der Waals surface area contributed by atoms with E-state index in [4.69, 9.17) is 11.6 Å². The van der Waals surface area contributed by atoms with Crippen LogP contribution in [0, 0.1) is 0 Å². The van der Waals surface area contributed by atoms with Crippen LogP contribution in [0.2, 0.25) is 5.15 Å². The number of aromatic nitrogens is 1. The first-order valence-corrected chi connectivity index (χ1v) is 8.77. The fraction of sp³-hybridized carbons (Fsp3) is 0.267. The zero-order valence-electron chi connectivity index (χ0n) is 12.5. The fourth-order valence-electron chi connectivity index (χ4n) is 1.95. The predicted molar refractivity (Wildman–Crippen MR) is 94.7 cm³/mol. The molecule has 0 radical (unpaired) electrons. The predicted octanol–water partition coefficient (Wildman–Crippen LogP) is 3.34. The highest BCUT2D eigenvalue weighted by Crippen LogP contribution is 2.22. The van der Waals surface area contributed by atoms with E-state index in [2.05, 4.69) is 26.2 Å². The number of amides is 2. The van der Waals surface area contributed by atoms with Crippen LogP contribution in [-0.2, 0) is 11.3 Å². The molecule has 0 saturated carbocycles. The van der Waals surface area contributed by atoms with Gasteiger partial charge in [-0.15, -0.1) is 11.3 Å². The molecule has 2 rings (SSSR count). The molecule has 1 unspecified atom stereocenters. The van der Waals surface area contributed by atoms with E-state index in [9.17, 15) is 9.59 Å². The molecule has 2 aromatic rings. The van der Waals surface area contributed by atoms with Gasteiger partial charge in [-0.3, -0.25) is 9.59 Å². The van der Waals surface area contributed by atoms with Gasteiger partial charge in [0.25, 0.3) is 5.91 Å². The lowest BCUT2D eigenvalue weighted by Gasteiger charge is -2.22. The molecule has 1 N–H and O–H groups in total. The smallest absolute Gasteiger partial charge is 0.262 e. The first-order chi connectivity index (χ1) is 10.9. The van der Waals surface area contributed by atoms with Crippen molar-refractivity contribution in [3.05, 3.63) is 49.8 Å². The number of rotatable bonds is 5. The highest BCUT2D eigenvalue weighted by molar-refractivity contribution is 9.11. The third-order valence-electron chi connectivity index (χ3n) is 3.10. The van der Waals surface area contributed by atoms with E-state index >= 15 is 0 Å². The zero-order chi connectivity index (χ0) is 17.0. The molecule has 2 amide bonds. The van der Waals surface area contributed by atoms with Crippen LogP contribution < -0.4 is 5.32 Å². The van der Waals surface area contributed by atoms with Crippen LogP contribution in [0.15, 0.2) is 34.2 Å². The minimum atomic E-state index is -0.617. The summed E-state index contributed by atoms with van der Waals surface area (Å²) in [7, 11) is 1.68. The van der Waals surface area contributed by atoms with Gasteiger partial charge >= 0.3 is 0 Å². The third-order valence-corrected chi connectivity index (χ3v) is 4.95. The Hall–Kier alpha value is -1.44. The van der Waals surface area contributed by atoms with Crippen LogP contribution in [0.3, 0.4) is 0 Å². The molecule has 0 aliphatic carbocycles. The van der Waals surface area contributed by atoms with Crippen LogP contribution in [0.5, 0.6) is 0 Å². The average molecular weight is 417 g/mol. The molecule has 2 aromatic heterocycles. The van der Waals surface area contributed by atoms with E-state index in [-0.39, 0.29) is 11.8 Å². The number of thiophene rings is 1. The highest BCUT2D eigenvalue weighted by atomic mass is 79.9. The Kier molecular flexibility index (Phi) is 6.15. The van der Waals surface area contributed by atoms with E-state index in [0.717, 1.165) is 9.35 Å². The van der Waals surface area contributed by atoms with Crippen LogP contribution in [0.4, 0.5) is 0 Å². The second kappa shape index (κ2) is 7.90. The summed E-state index contributed by atoms with van der Waals surface area (Å²) >= 11 is 10.4. The van der Waals surface area contributed by atoms with Gasteiger partial charge in [0.2, 0.25) is 5.91 Å². The molecule has 0 saturated heterocycles. The number of hydrogen-bond donors (Lipinski definition) is 1. The number of hydrogen-bond acceptors (Lipinski definition) is 4. The van der Waals surface area contributed by atoms with Crippen molar-refractivity contribution in [2.24, 2.45) is 0 Å². The first kappa shape index (κ1) is 17.9. The van der Waals surface area contributed by atoms with Crippen LogP contribution in [0.25, 0.3) is 0 Å². The van der Waals surface area contributed by atoms with Gasteiger partial charge in [0, 0.05) is 19.8 Å². The summed E-state index contributed by atoms with van der Waals surface area (Å²) in [4.78, 5) is 30.5. The Labute approximate surface area is 151 Å². The van der Waals surface area contributed by atoms with Crippen LogP contribution in [0.1, 0.15) is 22.2 Å². The Bertz CT molecular complexity index is 705. The molecule has 8 heteroatoms. The zero-order valence-corrected chi connectivity index (χ0v) is 15.7. The number of halogens is 2. The van der Waals surface area contributed by atoms with Crippen molar-refractivity contribution in [3.63, 3.8) is 0 Å². The maximum atomic E-state index is 12.3. The SMILES string of the molecule is CC(NC(=O)c1ccc(Br)s1)C(=O)N(C)Cc1ccc(Cl)nc1. The summed E-state index contributed by atoms with van der Waals surface area (Å²) in [5.41, 5.74) is 0.867. The molecule has 0 aromatic carbocycles. The summed E-state index contributed by atoms with van der Waals surface area (Å²) in [5, 5.41) is 3.12. The molecule has 122 valence electrons. The molecule has 0 fully saturated rings. The highest BCUT2D eigenvalue weighted by Gasteiger charge is 2.21. The fourth-order valence-corrected chi connectivity index (χ4v) is 3.35. The standard InChI is InChI=1S/C15H15BrClN3O2S/c1-9(19-14(21)11-4-5-12(16)23-11)15(22)20(2)8-10-3-6-13(17)18-7-10/h3-7,9H,8H2,1-2H3,(H,19,21). The summed E-state index contributed by atoms with van der Waals surface area (Å²) in [5.74, 6) is -0.438. The van der Waals surface area contributed by atoms with E-state index < -0.39 is 6.04 Å². The number of carbonyl (C=O) groups is 2. The lowest BCUT2D eigenvalue weighted by Crippen LogP contribution is -2.45. The Balaban J connectivity index is 1.93. The van der Waals surface area contributed by atoms with Crippen LogP contribution in [-0.4, -0.2) is 34.8 Å². The van der Waals surface area contributed by atoms with Gasteiger partial charge in [0.15, 0.2) is 0 Å². The van der Waals surface area contributed by atoms with Gasteiger partial charge < -0.3 is 10.2 Å². The molecule has 5 nitrogen and oxygen atoms in total. The second-order valence-electron chi connectivity index (χ2n) is 4.98. The van der Waals surface area contributed by atoms with Gasteiger partial charge in [-0.2, -0.15) is 0 Å². The summed E-state index contributed by atoms with van der Waals surface area (Å²) in [6.07, 6.45) is 1.62. The summed E-state index contributed by atoms with van der Waals surface area (Å²) in [6.45, 7) is 2.06. The first-order valence-electron chi connectivity index (χ1n) is 6.78. The van der Waals surface area contributed by atoms with Gasteiger partial charge in [0.1, 0.15) is 11.2 Å². The number of carbonyl (C=O) groups excluding carboxylic acids is 2. The van der Waals surface area contributed by atoms with Crippen molar-refractivity contribution in [3.8, 4) is 0 Å². The Morgan fingerprint density at radius 1 is 1.39 bits per heavy atom. The molecular weight excluding hydrogens is 402 g/mol. The molecule has 1 atom stereocenters. The van der Waals surface area contributed by atoms with E-state index in [1.807, 2.05) is 6.07 Å². The molecule has 0 aliphatic rings. The van der Waals surface area contributed by atoms with Crippen LogP contribution >= 0.6 is 38.9 Å². The normalized spacial score (nSPS) is 11.8. The Morgan fingerprint density at radius 3 is 2.70 bits per heavy atom. The maximum Gasteiger partial charge on any atom is 0.262 e. The monoisotopic (exact) mass is 415 g/mol.